The van der Waals surface area contributed by atoms with Gasteiger partial charge in [0.1, 0.15) is 0 Å². The van der Waals surface area contributed by atoms with Crippen LogP contribution in [0.25, 0.3) is 0 Å². The Balaban J connectivity index is 2.51. The zero-order chi connectivity index (χ0) is 11.3. The van der Waals surface area contributed by atoms with Crippen LogP contribution in [-0.2, 0) is 11.3 Å². The van der Waals surface area contributed by atoms with Crippen LogP contribution in [0.15, 0.2) is 18.2 Å². The van der Waals surface area contributed by atoms with Crippen LogP contribution >= 0.6 is 0 Å². The molecule has 5 heteroatoms. The summed E-state index contributed by atoms with van der Waals surface area (Å²) in [4.78, 5) is 11.0. The first-order valence-electron chi connectivity index (χ1n) is 4.48. The molecule has 0 bridgehead atoms. The van der Waals surface area contributed by atoms with E-state index in [4.69, 9.17) is 0 Å². The molecule has 0 radical (unpaired) electrons. The average molecular weight is 214 g/mol. The Bertz CT molecular complexity index is 355. The van der Waals surface area contributed by atoms with Gasteiger partial charge in [-0.15, -0.1) is 0 Å². The number of carbonyl (C=O) groups is 1. The van der Waals surface area contributed by atoms with E-state index in [0.717, 1.165) is 12.1 Å². The van der Waals surface area contributed by atoms with Gasteiger partial charge in [-0.25, -0.2) is 8.78 Å². The van der Waals surface area contributed by atoms with Crippen LogP contribution in [0.3, 0.4) is 0 Å². The fourth-order valence-electron chi connectivity index (χ4n) is 1.07. The summed E-state index contributed by atoms with van der Waals surface area (Å²) in [5, 5.41) is 5.23. The summed E-state index contributed by atoms with van der Waals surface area (Å²) in [6, 6.07) is 3.53. The van der Waals surface area contributed by atoms with Gasteiger partial charge >= 0.3 is 0 Å². The zero-order valence-corrected chi connectivity index (χ0v) is 8.31. The predicted octanol–water partition coefficient (Wildman–Crippen LogP) is 0.800. The monoisotopic (exact) mass is 214 g/mol. The predicted molar refractivity (Wildman–Crippen MR) is 52.1 cm³/mol. The third kappa shape index (κ3) is 3.63. The lowest BCUT2D eigenvalue weighted by atomic mass is 10.2. The summed E-state index contributed by atoms with van der Waals surface area (Å²) in [7, 11) is 1.65. The number of amides is 1. The van der Waals surface area contributed by atoms with E-state index in [1.807, 2.05) is 0 Å². The molecule has 0 unspecified atom stereocenters. The van der Waals surface area contributed by atoms with Crippen molar-refractivity contribution in [3.8, 4) is 0 Å². The van der Waals surface area contributed by atoms with Crippen molar-refractivity contribution in [1.29, 1.82) is 0 Å². The molecule has 0 spiro atoms. The molecule has 3 nitrogen and oxygen atoms in total. The number of hydrogen-bond donors (Lipinski definition) is 2. The lowest BCUT2D eigenvalue weighted by molar-refractivity contribution is -0.120. The molecule has 1 aromatic rings. The van der Waals surface area contributed by atoms with Crippen LogP contribution in [-0.4, -0.2) is 19.5 Å². The number of nitrogens with one attached hydrogen (secondary N) is 2. The lowest BCUT2D eigenvalue weighted by Gasteiger charge is -2.05. The van der Waals surface area contributed by atoms with E-state index < -0.39 is 11.6 Å². The van der Waals surface area contributed by atoms with E-state index in [9.17, 15) is 13.6 Å². The van der Waals surface area contributed by atoms with Crippen molar-refractivity contribution in [2.45, 2.75) is 6.54 Å². The molecule has 2 N–H and O–H groups in total. The minimum Gasteiger partial charge on any atom is -0.351 e. The minimum atomic E-state index is -0.907. The van der Waals surface area contributed by atoms with E-state index in [1.165, 1.54) is 6.07 Å². The second-order valence-electron chi connectivity index (χ2n) is 3.06. The molecular weight excluding hydrogens is 202 g/mol. The van der Waals surface area contributed by atoms with E-state index in [1.54, 1.807) is 7.05 Å². The highest BCUT2D eigenvalue weighted by Crippen LogP contribution is 2.08. The van der Waals surface area contributed by atoms with Crippen molar-refractivity contribution in [2.24, 2.45) is 0 Å². The van der Waals surface area contributed by atoms with Crippen LogP contribution in [0.1, 0.15) is 5.56 Å². The highest BCUT2D eigenvalue weighted by Gasteiger charge is 2.03. The van der Waals surface area contributed by atoms with Crippen LogP contribution in [0.5, 0.6) is 0 Å². The van der Waals surface area contributed by atoms with Crippen molar-refractivity contribution in [3.63, 3.8) is 0 Å². The minimum absolute atomic E-state index is 0.192. The standard InChI is InChI=1S/C10H12F2N2O/c1-13-6-10(15)14-5-7-2-3-8(11)9(12)4-7/h2-4,13H,5-6H2,1H3,(H,14,15). The van der Waals surface area contributed by atoms with Gasteiger partial charge < -0.3 is 10.6 Å². The molecule has 1 amide bonds. The molecular formula is C10H12F2N2O. The van der Waals surface area contributed by atoms with Crippen molar-refractivity contribution in [3.05, 3.63) is 35.4 Å². The number of rotatable bonds is 4. The molecule has 0 fully saturated rings. The average Bonchev–Trinajstić information content (AvgIpc) is 2.20. The largest absolute Gasteiger partial charge is 0.351 e. The summed E-state index contributed by atoms with van der Waals surface area (Å²) in [6.45, 7) is 0.390. The molecule has 0 saturated heterocycles. The molecule has 1 aromatic carbocycles. The number of hydrogen-bond acceptors (Lipinski definition) is 2. The summed E-state index contributed by atoms with van der Waals surface area (Å²) in [5.74, 6) is -1.99. The number of benzene rings is 1. The Labute approximate surface area is 86.5 Å². The Kier molecular flexibility index (Phi) is 4.17. The smallest absolute Gasteiger partial charge is 0.234 e. The summed E-state index contributed by atoms with van der Waals surface area (Å²) < 4.78 is 25.3. The molecule has 1 rings (SSSR count). The molecule has 0 aliphatic heterocycles. The van der Waals surface area contributed by atoms with Gasteiger partial charge in [0.15, 0.2) is 11.6 Å². The molecule has 0 aromatic heterocycles. The first kappa shape index (κ1) is 11.6. The number of carbonyl (C=O) groups excluding carboxylic acids is 1. The van der Waals surface area contributed by atoms with Crippen LogP contribution in [0, 0.1) is 11.6 Å². The summed E-state index contributed by atoms with van der Waals surface area (Å²) in [5.41, 5.74) is 0.526. The van der Waals surface area contributed by atoms with Gasteiger partial charge in [0.25, 0.3) is 0 Å². The molecule has 0 atom stereocenters. The van der Waals surface area contributed by atoms with Gasteiger partial charge in [-0.1, -0.05) is 6.07 Å². The fraction of sp³-hybridized carbons (Fsp3) is 0.300. The quantitative estimate of drug-likeness (QED) is 0.778. The maximum absolute atomic E-state index is 12.8. The van der Waals surface area contributed by atoms with E-state index in [0.29, 0.717) is 5.56 Å². The molecule has 0 heterocycles. The maximum Gasteiger partial charge on any atom is 0.234 e. The first-order chi connectivity index (χ1) is 7.13. The molecule has 82 valence electrons. The third-order valence-electron chi connectivity index (χ3n) is 1.81. The summed E-state index contributed by atoms with van der Waals surface area (Å²) in [6.07, 6.45) is 0. The zero-order valence-electron chi connectivity index (χ0n) is 8.31. The molecule has 0 saturated carbocycles. The van der Waals surface area contributed by atoms with Gasteiger partial charge in [0.05, 0.1) is 6.54 Å². The molecule has 0 aliphatic rings. The topological polar surface area (TPSA) is 41.1 Å². The number of likely N-dealkylation sites (N-methyl/N-ethyl adjacent to an activating group) is 1. The van der Waals surface area contributed by atoms with E-state index in [-0.39, 0.29) is 19.0 Å². The van der Waals surface area contributed by atoms with Gasteiger partial charge in [0, 0.05) is 6.54 Å². The Hall–Kier alpha value is -1.49. The Morgan fingerprint density at radius 3 is 2.67 bits per heavy atom. The Morgan fingerprint density at radius 2 is 2.07 bits per heavy atom. The van der Waals surface area contributed by atoms with E-state index >= 15 is 0 Å². The second kappa shape index (κ2) is 5.41. The molecule has 15 heavy (non-hydrogen) atoms. The van der Waals surface area contributed by atoms with E-state index in [2.05, 4.69) is 10.6 Å². The second-order valence-corrected chi connectivity index (χ2v) is 3.06. The normalized spacial score (nSPS) is 10.1. The van der Waals surface area contributed by atoms with Crippen molar-refractivity contribution in [2.75, 3.05) is 13.6 Å². The maximum atomic E-state index is 12.8. The summed E-state index contributed by atoms with van der Waals surface area (Å²) >= 11 is 0. The van der Waals surface area contributed by atoms with Crippen molar-refractivity contribution < 1.29 is 13.6 Å². The van der Waals surface area contributed by atoms with Crippen LogP contribution in [0.4, 0.5) is 8.78 Å². The van der Waals surface area contributed by atoms with Crippen molar-refractivity contribution in [1.82, 2.24) is 10.6 Å². The van der Waals surface area contributed by atoms with Crippen molar-refractivity contribution >= 4 is 5.91 Å². The van der Waals surface area contributed by atoms with Gasteiger partial charge in [-0.3, -0.25) is 4.79 Å². The molecule has 0 aliphatic carbocycles. The fourth-order valence-corrected chi connectivity index (χ4v) is 1.07. The third-order valence-corrected chi connectivity index (χ3v) is 1.81. The van der Waals surface area contributed by atoms with Gasteiger partial charge in [-0.2, -0.15) is 0 Å². The van der Waals surface area contributed by atoms with Gasteiger partial charge in [-0.05, 0) is 24.7 Å². The lowest BCUT2D eigenvalue weighted by Crippen LogP contribution is -2.31. The Morgan fingerprint density at radius 1 is 1.33 bits per heavy atom. The SMILES string of the molecule is CNCC(=O)NCc1ccc(F)c(F)c1. The number of halogens is 2. The highest BCUT2D eigenvalue weighted by molar-refractivity contribution is 5.77. The highest BCUT2D eigenvalue weighted by atomic mass is 19.2. The first-order valence-corrected chi connectivity index (χ1v) is 4.48. The van der Waals surface area contributed by atoms with Crippen LogP contribution in [0.2, 0.25) is 0 Å². The van der Waals surface area contributed by atoms with Gasteiger partial charge in [0.2, 0.25) is 5.91 Å². The van der Waals surface area contributed by atoms with Crippen LogP contribution < -0.4 is 10.6 Å².